The van der Waals surface area contributed by atoms with E-state index >= 15 is 0 Å². The molecule has 3 heteroatoms. The number of hydrogen-bond acceptors (Lipinski definition) is 3. The van der Waals surface area contributed by atoms with Crippen LogP contribution >= 0.6 is 11.8 Å². The van der Waals surface area contributed by atoms with Crippen molar-refractivity contribution in [2.45, 2.75) is 25.9 Å². The van der Waals surface area contributed by atoms with Crippen LogP contribution in [-0.4, -0.2) is 23.7 Å². The Kier molecular flexibility index (Phi) is 6.34. The van der Waals surface area contributed by atoms with E-state index in [9.17, 15) is 5.11 Å². The summed E-state index contributed by atoms with van der Waals surface area (Å²) < 4.78 is 5.58. The second-order valence-electron chi connectivity index (χ2n) is 3.69. The Hall–Kier alpha value is -0.670. The molecule has 1 aromatic carbocycles. The number of benzene rings is 1. The molecular weight excluding hydrogens is 220 g/mol. The molecule has 0 bridgehead atoms. The van der Waals surface area contributed by atoms with Gasteiger partial charge in [-0.05, 0) is 42.5 Å². The predicted octanol–water partition coefficient (Wildman–Crippen LogP) is 3.26. The summed E-state index contributed by atoms with van der Waals surface area (Å²) >= 11 is 1.83. The van der Waals surface area contributed by atoms with Gasteiger partial charge in [0.05, 0.1) is 12.7 Å². The van der Waals surface area contributed by atoms with E-state index in [1.165, 1.54) is 0 Å². The molecule has 1 N–H and O–H groups in total. The van der Waals surface area contributed by atoms with Crippen LogP contribution in [0.5, 0.6) is 5.75 Å². The molecule has 0 radical (unpaired) electrons. The van der Waals surface area contributed by atoms with Crippen molar-refractivity contribution in [3.05, 3.63) is 29.8 Å². The van der Waals surface area contributed by atoms with E-state index in [0.717, 1.165) is 36.5 Å². The number of aliphatic hydroxyl groups excluding tert-OH is 1. The minimum Gasteiger partial charge on any atom is -0.494 e. The molecule has 0 aliphatic heterocycles. The fourth-order valence-electron chi connectivity index (χ4n) is 1.42. The van der Waals surface area contributed by atoms with Crippen molar-refractivity contribution in [1.29, 1.82) is 0 Å². The van der Waals surface area contributed by atoms with Crippen LogP contribution in [0.1, 0.15) is 31.4 Å². The lowest BCUT2D eigenvalue weighted by Crippen LogP contribution is -1.99. The average molecular weight is 240 g/mol. The van der Waals surface area contributed by atoms with Crippen molar-refractivity contribution in [1.82, 2.24) is 0 Å². The van der Waals surface area contributed by atoms with Crippen LogP contribution in [0.15, 0.2) is 24.3 Å². The van der Waals surface area contributed by atoms with Gasteiger partial charge in [0.2, 0.25) is 0 Å². The number of hydrogen-bond donors (Lipinski definition) is 1. The summed E-state index contributed by atoms with van der Waals surface area (Å²) in [5.74, 6) is 2.01. The second kappa shape index (κ2) is 7.58. The summed E-state index contributed by atoms with van der Waals surface area (Å²) in [6.07, 6.45) is 3.56. The second-order valence-corrected chi connectivity index (χ2v) is 4.67. The standard InChI is InChI=1S/C13H20O2S/c1-3-13(14)11-5-7-12(8-6-11)15-9-4-10-16-2/h5-8,13-14H,3-4,9-10H2,1-2H3/t13-/m0/s1. The van der Waals surface area contributed by atoms with Crippen LogP contribution in [0, 0.1) is 0 Å². The highest BCUT2D eigenvalue weighted by atomic mass is 32.2. The van der Waals surface area contributed by atoms with Gasteiger partial charge in [-0.1, -0.05) is 19.1 Å². The Morgan fingerprint density at radius 3 is 2.56 bits per heavy atom. The topological polar surface area (TPSA) is 29.5 Å². The SMILES string of the molecule is CC[C@H](O)c1ccc(OCCCSC)cc1. The first-order valence-corrected chi connectivity index (χ1v) is 7.07. The van der Waals surface area contributed by atoms with Gasteiger partial charge in [-0.3, -0.25) is 0 Å². The van der Waals surface area contributed by atoms with Gasteiger partial charge in [0.25, 0.3) is 0 Å². The van der Waals surface area contributed by atoms with Crippen molar-refractivity contribution >= 4 is 11.8 Å². The minimum absolute atomic E-state index is 0.356. The van der Waals surface area contributed by atoms with Crippen LogP contribution in [0.3, 0.4) is 0 Å². The molecule has 0 fully saturated rings. The fraction of sp³-hybridized carbons (Fsp3) is 0.538. The number of aliphatic hydroxyl groups is 1. The lowest BCUT2D eigenvalue weighted by atomic mass is 10.1. The highest BCUT2D eigenvalue weighted by Crippen LogP contribution is 2.19. The van der Waals surface area contributed by atoms with Crippen molar-refractivity contribution < 1.29 is 9.84 Å². The van der Waals surface area contributed by atoms with Crippen LogP contribution < -0.4 is 4.74 Å². The molecule has 0 heterocycles. The molecule has 1 aromatic rings. The monoisotopic (exact) mass is 240 g/mol. The Labute approximate surface area is 102 Å². The van der Waals surface area contributed by atoms with E-state index in [0.29, 0.717) is 0 Å². The maximum absolute atomic E-state index is 9.62. The molecule has 2 nitrogen and oxygen atoms in total. The van der Waals surface area contributed by atoms with Crippen LogP contribution in [0.2, 0.25) is 0 Å². The summed E-state index contributed by atoms with van der Waals surface area (Å²) in [5.41, 5.74) is 0.957. The zero-order chi connectivity index (χ0) is 11.8. The highest BCUT2D eigenvalue weighted by Gasteiger charge is 2.03. The molecule has 90 valence electrons. The Balaban J connectivity index is 2.39. The lowest BCUT2D eigenvalue weighted by molar-refractivity contribution is 0.173. The summed E-state index contributed by atoms with van der Waals surface area (Å²) in [6.45, 7) is 2.73. The molecule has 0 aromatic heterocycles. The van der Waals surface area contributed by atoms with Crippen LogP contribution in [0.4, 0.5) is 0 Å². The third-order valence-corrected chi connectivity index (χ3v) is 3.11. The maximum atomic E-state index is 9.62. The maximum Gasteiger partial charge on any atom is 0.119 e. The van der Waals surface area contributed by atoms with Crippen molar-refractivity contribution in [3.63, 3.8) is 0 Å². The first-order chi connectivity index (χ1) is 7.77. The predicted molar refractivity (Wildman–Crippen MR) is 70.2 cm³/mol. The normalized spacial score (nSPS) is 12.4. The van der Waals surface area contributed by atoms with Gasteiger partial charge in [0.15, 0.2) is 0 Å². The van der Waals surface area contributed by atoms with Crippen molar-refractivity contribution in [2.24, 2.45) is 0 Å². The van der Waals surface area contributed by atoms with Crippen LogP contribution in [-0.2, 0) is 0 Å². The quantitative estimate of drug-likeness (QED) is 0.742. The molecule has 1 rings (SSSR count). The Morgan fingerprint density at radius 1 is 1.31 bits per heavy atom. The Morgan fingerprint density at radius 2 is 2.00 bits per heavy atom. The number of ether oxygens (including phenoxy) is 1. The van der Waals surface area contributed by atoms with E-state index in [4.69, 9.17) is 4.74 Å². The first-order valence-electron chi connectivity index (χ1n) is 5.67. The largest absolute Gasteiger partial charge is 0.494 e. The molecule has 16 heavy (non-hydrogen) atoms. The smallest absolute Gasteiger partial charge is 0.119 e. The molecule has 0 saturated carbocycles. The van der Waals surface area contributed by atoms with Crippen LogP contribution in [0.25, 0.3) is 0 Å². The third-order valence-electron chi connectivity index (χ3n) is 2.41. The zero-order valence-electron chi connectivity index (χ0n) is 9.98. The van der Waals surface area contributed by atoms with E-state index in [1.807, 2.05) is 43.0 Å². The Bertz CT molecular complexity index is 284. The number of thioether (sulfide) groups is 1. The zero-order valence-corrected chi connectivity index (χ0v) is 10.8. The van der Waals surface area contributed by atoms with Gasteiger partial charge in [0, 0.05) is 0 Å². The summed E-state index contributed by atoms with van der Waals surface area (Å²) in [6, 6.07) is 7.71. The molecule has 0 saturated heterocycles. The average Bonchev–Trinajstić information content (AvgIpc) is 2.34. The van der Waals surface area contributed by atoms with Gasteiger partial charge in [-0.2, -0.15) is 11.8 Å². The summed E-state index contributed by atoms with van der Waals surface area (Å²) in [4.78, 5) is 0. The van der Waals surface area contributed by atoms with Gasteiger partial charge in [0.1, 0.15) is 5.75 Å². The molecule has 1 atom stereocenters. The molecule has 0 amide bonds. The van der Waals surface area contributed by atoms with E-state index in [1.54, 1.807) is 0 Å². The fourth-order valence-corrected chi connectivity index (χ4v) is 1.82. The molecule has 0 unspecified atom stereocenters. The molecular formula is C13H20O2S. The van der Waals surface area contributed by atoms with Gasteiger partial charge >= 0.3 is 0 Å². The van der Waals surface area contributed by atoms with E-state index in [2.05, 4.69) is 6.26 Å². The summed E-state index contributed by atoms with van der Waals surface area (Å²) in [7, 11) is 0. The molecule has 0 spiro atoms. The third kappa shape index (κ3) is 4.45. The lowest BCUT2D eigenvalue weighted by Gasteiger charge is -2.09. The summed E-state index contributed by atoms with van der Waals surface area (Å²) in [5, 5.41) is 9.62. The van der Waals surface area contributed by atoms with Gasteiger partial charge in [-0.25, -0.2) is 0 Å². The van der Waals surface area contributed by atoms with Crippen molar-refractivity contribution in [3.8, 4) is 5.75 Å². The molecule has 0 aliphatic rings. The highest BCUT2D eigenvalue weighted by molar-refractivity contribution is 7.98. The van der Waals surface area contributed by atoms with E-state index in [-0.39, 0.29) is 6.10 Å². The molecule has 0 aliphatic carbocycles. The van der Waals surface area contributed by atoms with E-state index < -0.39 is 0 Å². The van der Waals surface area contributed by atoms with Gasteiger partial charge < -0.3 is 9.84 Å². The number of rotatable bonds is 7. The van der Waals surface area contributed by atoms with Crippen molar-refractivity contribution in [2.75, 3.05) is 18.6 Å². The minimum atomic E-state index is -0.356. The van der Waals surface area contributed by atoms with Gasteiger partial charge in [-0.15, -0.1) is 0 Å². The first kappa shape index (κ1) is 13.4.